The molecule has 4 amide bonds. The third kappa shape index (κ3) is 7.41. The fraction of sp³-hybridized carbons (Fsp3) is 0.233. The lowest BCUT2D eigenvalue weighted by Crippen LogP contribution is -2.53. The van der Waals surface area contributed by atoms with Gasteiger partial charge in [0.15, 0.2) is 23.0 Å². The van der Waals surface area contributed by atoms with Gasteiger partial charge in [-0.05, 0) is 88.2 Å². The molecule has 0 unspecified atom stereocenters. The van der Waals surface area contributed by atoms with E-state index in [0.717, 1.165) is 11.3 Å². The predicted molar refractivity (Wildman–Crippen MR) is 164 cm³/mol. The van der Waals surface area contributed by atoms with E-state index in [1.807, 2.05) is 29.5 Å². The minimum absolute atomic E-state index is 0.0236. The Hall–Kier alpha value is -4.66. The largest absolute Gasteiger partial charge is 0.493 e. The van der Waals surface area contributed by atoms with Crippen LogP contribution in [0.5, 0.6) is 23.0 Å². The van der Waals surface area contributed by atoms with E-state index in [1.165, 1.54) is 32.4 Å². The number of imide groups is 2. The van der Waals surface area contributed by atoms with Gasteiger partial charge >= 0.3 is 6.03 Å². The van der Waals surface area contributed by atoms with Crippen molar-refractivity contribution >= 4 is 52.2 Å². The van der Waals surface area contributed by atoms with Crippen LogP contribution in [0.3, 0.4) is 0 Å². The fourth-order valence-electron chi connectivity index (χ4n) is 4.16. The molecule has 1 heterocycles. The summed E-state index contributed by atoms with van der Waals surface area (Å²) < 4.78 is 23.1. The summed E-state index contributed by atoms with van der Waals surface area (Å²) in [6.07, 6.45) is 2.20. The van der Waals surface area contributed by atoms with E-state index < -0.39 is 22.8 Å². The normalized spacial score (nSPS) is 14.0. The van der Waals surface area contributed by atoms with E-state index >= 15 is 0 Å². The summed E-state index contributed by atoms with van der Waals surface area (Å²) in [6.45, 7) is 2.52. The van der Waals surface area contributed by atoms with Crippen molar-refractivity contribution in [1.82, 2.24) is 10.2 Å². The number of ether oxygens (including phenoxy) is 4. The molecule has 1 N–H and O–H groups in total. The first kappa shape index (κ1) is 31.3. The summed E-state index contributed by atoms with van der Waals surface area (Å²) in [6, 6.07) is 13.5. The third-order valence-electron chi connectivity index (χ3n) is 6.31. The van der Waals surface area contributed by atoms with Gasteiger partial charge in [-0.25, -0.2) is 4.79 Å². The number of urea groups is 1. The van der Waals surface area contributed by atoms with Gasteiger partial charge in [-0.15, -0.1) is 0 Å². The Bertz CT molecular complexity index is 1590. The number of amides is 4. The number of nitro benzene ring substituents is 1. The number of hydrogen-bond acceptors (Lipinski definition) is 9. The number of nitrogens with zero attached hydrogens (tertiary/aromatic N) is 2. The van der Waals surface area contributed by atoms with Gasteiger partial charge in [0.2, 0.25) is 0 Å². The van der Waals surface area contributed by atoms with Gasteiger partial charge in [0.1, 0.15) is 12.2 Å². The number of barbiturate groups is 1. The maximum absolute atomic E-state index is 13.4. The van der Waals surface area contributed by atoms with Crippen LogP contribution in [0.2, 0.25) is 0 Å². The number of methoxy groups -OCH3 is 2. The molecule has 0 aromatic heterocycles. The zero-order valence-electron chi connectivity index (χ0n) is 23.5. The monoisotopic (exact) mass is 701 g/mol. The number of hydrogen-bond donors (Lipinski definition) is 1. The predicted octanol–water partition coefficient (Wildman–Crippen LogP) is 5.25. The summed E-state index contributed by atoms with van der Waals surface area (Å²) in [5, 5.41) is 13.1. The van der Waals surface area contributed by atoms with Crippen molar-refractivity contribution in [2.75, 3.05) is 20.8 Å². The second-order valence-corrected chi connectivity index (χ2v) is 10.5. The average Bonchev–Trinajstić information content (AvgIpc) is 2.99. The molecule has 12 nitrogen and oxygen atoms in total. The second kappa shape index (κ2) is 14.0. The number of non-ortho nitro benzene ring substituents is 1. The Kier molecular flexibility index (Phi) is 10.2. The number of nitro groups is 1. The van der Waals surface area contributed by atoms with Gasteiger partial charge in [0, 0.05) is 12.1 Å². The maximum Gasteiger partial charge on any atom is 0.331 e. The molecule has 0 spiro atoms. The molecule has 0 bridgehead atoms. The molecule has 0 radical (unpaired) electrons. The second-order valence-electron chi connectivity index (χ2n) is 9.29. The quantitative estimate of drug-likeness (QED) is 0.0880. The van der Waals surface area contributed by atoms with E-state index in [9.17, 15) is 24.5 Å². The smallest absolute Gasteiger partial charge is 0.331 e. The van der Waals surface area contributed by atoms with E-state index in [2.05, 4.69) is 5.32 Å². The fourth-order valence-corrected chi connectivity index (χ4v) is 4.94. The number of rotatable bonds is 12. The molecule has 3 aromatic rings. The van der Waals surface area contributed by atoms with E-state index in [1.54, 1.807) is 42.5 Å². The molecular weight excluding hydrogens is 673 g/mol. The molecule has 4 rings (SSSR count). The van der Waals surface area contributed by atoms with E-state index in [4.69, 9.17) is 18.9 Å². The summed E-state index contributed by atoms with van der Waals surface area (Å²) in [5.41, 5.74) is 1.53. The van der Waals surface area contributed by atoms with Crippen LogP contribution in [0.4, 0.5) is 10.5 Å². The van der Waals surface area contributed by atoms with Gasteiger partial charge in [-0.3, -0.25) is 29.9 Å². The molecule has 3 aromatic carbocycles. The lowest BCUT2D eigenvalue weighted by atomic mass is 10.1. The molecular formula is C30H28IN3O9. The molecule has 13 heteroatoms. The summed E-state index contributed by atoms with van der Waals surface area (Å²) in [7, 11) is 2.95. The first-order chi connectivity index (χ1) is 20.6. The van der Waals surface area contributed by atoms with Crippen LogP contribution < -0.4 is 24.3 Å². The Morgan fingerprint density at radius 2 is 1.63 bits per heavy atom. The topological polar surface area (TPSA) is 147 Å². The van der Waals surface area contributed by atoms with Crippen molar-refractivity contribution in [3.63, 3.8) is 0 Å². The van der Waals surface area contributed by atoms with Crippen LogP contribution in [0, 0.1) is 13.7 Å². The van der Waals surface area contributed by atoms with Crippen molar-refractivity contribution in [3.05, 3.63) is 90.5 Å². The van der Waals surface area contributed by atoms with Crippen LogP contribution in [0.15, 0.2) is 60.2 Å². The van der Waals surface area contributed by atoms with Gasteiger partial charge in [0.05, 0.1) is 35.9 Å². The van der Waals surface area contributed by atoms with Crippen molar-refractivity contribution in [3.8, 4) is 23.0 Å². The van der Waals surface area contributed by atoms with Crippen LogP contribution in [0.1, 0.15) is 30.0 Å². The lowest BCUT2D eigenvalue weighted by Gasteiger charge is -2.26. The Morgan fingerprint density at radius 1 is 0.930 bits per heavy atom. The van der Waals surface area contributed by atoms with E-state index in [-0.39, 0.29) is 24.4 Å². The van der Waals surface area contributed by atoms with Crippen LogP contribution >= 0.6 is 22.6 Å². The van der Waals surface area contributed by atoms with Crippen molar-refractivity contribution in [2.45, 2.75) is 26.5 Å². The molecule has 0 atom stereocenters. The average molecular weight is 701 g/mol. The number of carbonyl (C=O) groups excluding carboxylic acids is 3. The lowest BCUT2D eigenvalue weighted by molar-refractivity contribution is -0.384. The molecule has 1 fully saturated rings. The van der Waals surface area contributed by atoms with Gasteiger partial charge < -0.3 is 18.9 Å². The number of carbonyl (C=O) groups is 3. The Morgan fingerprint density at radius 3 is 2.28 bits per heavy atom. The minimum Gasteiger partial charge on any atom is -0.493 e. The van der Waals surface area contributed by atoms with Crippen molar-refractivity contribution in [2.24, 2.45) is 0 Å². The van der Waals surface area contributed by atoms with Crippen LogP contribution in [-0.2, 0) is 22.7 Å². The highest BCUT2D eigenvalue weighted by Gasteiger charge is 2.36. The Balaban J connectivity index is 1.55. The molecule has 0 aliphatic carbocycles. The summed E-state index contributed by atoms with van der Waals surface area (Å²) in [4.78, 5) is 50.1. The van der Waals surface area contributed by atoms with Gasteiger partial charge in [-0.1, -0.05) is 13.0 Å². The highest BCUT2D eigenvalue weighted by molar-refractivity contribution is 14.1. The zero-order valence-corrected chi connectivity index (χ0v) is 25.7. The minimum atomic E-state index is -0.834. The highest BCUT2D eigenvalue weighted by atomic mass is 127. The van der Waals surface area contributed by atoms with Crippen LogP contribution in [-0.4, -0.2) is 48.5 Å². The van der Waals surface area contributed by atoms with Crippen molar-refractivity contribution in [1.29, 1.82) is 0 Å². The third-order valence-corrected chi connectivity index (χ3v) is 7.11. The van der Waals surface area contributed by atoms with Crippen LogP contribution in [0.25, 0.3) is 6.08 Å². The summed E-state index contributed by atoms with van der Waals surface area (Å²) >= 11 is 2.04. The Labute approximate surface area is 260 Å². The molecule has 224 valence electrons. The molecule has 1 aliphatic rings. The number of halogens is 1. The molecule has 1 aliphatic heterocycles. The van der Waals surface area contributed by atoms with Gasteiger partial charge in [0.25, 0.3) is 17.5 Å². The molecule has 0 saturated carbocycles. The van der Waals surface area contributed by atoms with Gasteiger partial charge in [-0.2, -0.15) is 0 Å². The van der Waals surface area contributed by atoms with E-state index in [0.29, 0.717) is 49.9 Å². The zero-order chi connectivity index (χ0) is 31.1. The first-order valence-corrected chi connectivity index (χ1v) is 14.1. The summed E-state index contributed by atoms with van der Waals surface area (Å²) in [5.74, 6) is 0.184. The molecule has 1 saturated heterocycles. The van der Waals surface area contributed by atoms with Crippen molar-refractivity contribution < 1.29 is 38.3 Å². The maximum atomic E-state index is 13.4. The SMILES string of the molecule is CCCOc1ccc(CN2C(=O)NC(=O)/C(=C\c3cc(I)c(OCc4ccc([N+](=O)[O-])cc4)c(OC)c3)C2=O)cc1OC. The first-order valence-electron chi connectivity index (χ1n) is 13.1. The molecule has 43 heavy (non-hydrogen) atoms. The number of benzene rings is 3. The standard InChI is InChI=1S/C30H28IN3O9/c1-4-11-42-24-10-7-19(14-25(24)40-2)16-33-29(36)22(28(35)32-30(33)37)12-20-13-23(31)27(26(15-20)41-3)43-17-18-5-8-21(9-6-18)34(38)39/h5-10,12-15H,4,11,16-17H2,1-3H3,(H,32,35,37)/b22-12+. The number of nitrogens with one attached hydrogen (secondary N) is 1. The highest BCUT2D eigenvalue weighted by Crippen LogP contribution is 2.36.